The molecule has 0 radical (unpaired) electrons. The third-order valence-corrected chi connectivity index (χ3v) is 4.76. The molecule has 0 aliphatic heterocycles. The maximum atomic E-state index is 11.8. The van der Waals surface area contributed by atoms with Gasteiger partial charge in [0.05, 0.1) is 0 Å². The van der Waals surface area contributed by atoms with E-state index >= 15 is 0 Å². The van der Waals surface area contributed by atoms with E-state index in [1.807, 2.05) is 0 Å². The van der Waals surface area contributed by atoms with Crippen LogP contribution in [0.25, 0.3) is 10.4 Å². The van der Waals surface area contributed by atoms with Gasteiger partial charge in [-0.3, -0.25) is 9.59 Å². The lowest BCUT2D eigenvalue weighted by Gasteiger charge is -2.13. The van der Waals surface area contributed by atoms with Crippen LogP contribution in [-0.2, 0) is 14.4 Å². The number of carboxylic acid groups (broad SMARTS) is 2. The molecule has 0 aliphatic carbocycles. The molecule has 166 valence electrons. The first-order valence-electron chi connectivity index (χ1n) is 10.7. The summed E-state index contributed by atoms with van der Waals surface area (Å²) in [6, 6.07) is -1.01. The molecule has 9 heteroatoms. The quantitative estimate of drug-likeness (QED) is 0.113. The zero-order valence-electron chi connectivity index (χ0n) is 17.4. The maximum absolute atomic E-state index is 11.8. The molecular weight excluding hydrogens is 376 g/mol. The van der Waals surface area contributed by atoms with Crippen LogP contribution in [0.1, 0.15) is 96.3 Å². The highest BCUT2D eigenvalue weighted by atomic mass is 16.4. The van der Waals surface area contributed by atoms with Crippen LogP contribution in [-0.4, -0.2) is 40.6 Å². The van der Waals surface area contributed by atoms with Crippen molar-refractivity contribution in [1.82, 2.24) is 5.32 Å². The van der Waals surface area contributed by atoms with Crippen LogP contribution >= 0.6 is 0 Å². The first-order chi connectivity index (χ1) is 14.0. The van der Waals surface area contributed by atoms with Crippen molar-refractivity contribution in [2.75, 3.05) is 6.54 Å². The second-order valence-electron chi connectivity index (χ2n) is 7.34. The number of rotatable bonds is 20. The molecule has 1 unspecified atom stereocenters. The highest BCUT2D eigenvalue weighted by Gasteiger charge is 2.18. The number of nitrogens with zero attached hydrogens (tertiary/aromatic N) is 3. The minimum Gasteiger partial charge on any atom is -0.481 e. The largest absolute Gasteiger partial charge is 0.481 e. The average molecular weight is 413 g/mol. The van der Waals surface area contributed by atoms with Crippen LogP contribution in [0, 0.1) is 0 Å². The summed E-state index contributed by atoms with van der Waals surface area (Å²) in [5.74, 6) is -2.11. The second-order valence-corrected chi connectivity index (χ2v) is 7.34. The smallest absolute Gasteiger partial charge is 0.326 e. The van der Waals surface area contributed by atoms with E-state index in [2.05, 4.69) is 15.3 Å². The Bertz CT molecular complexity index is 521. The summed E-state index contributed by atoms with van der Waals surface area (Å²) in [6.45, 7) is 0.0401. The lowest BCUT2D eigenvalue weighted by molar-refractivity contribution is -0.142. The zero-order chi connectivity index (χ0) is 21.7. The van der Waals surface area contributed by atoms with E-state index < -0.39 is 18.0 Å². The lowest BCUT2D eigenvalue weighted by atomic mass is 10.0. The Morgan fingerprint density at radius 3 is 1.66 bits per heavy atom. The first kappa shape index (κ1) is 26.7. The number of hydrogen-bond acceptors (Lipinski definition) is 4. The van der Waals surface area contributed by atoms with Crippen LogP contribution in [0.4, 0.5) is 0 Å². The number of amides is 1. The van der Waals surface area contributed by atoms with Crippen molar-refractivity contribution in [3.63, 3.8) is 0 Å². The maximum Gasteiger partial charge on any atom is 0.326 e. The van der Waals surface area contributed by atoms with Crippen LogP contribution in [0.5, 0.6) is 0 Å². The molecule has 29 heavy (non-hydrogen) atoms. The van der Waals surface area contributed by atoms with Gasteiger partial charge in [0.15, 0.2) is 0 Å². The van der Waals surface area contributed by atoms with Gasteiger partial charge in [-0.2, -0.15) is 0 Å². The Balaban J connectivity index is 3.48. The minimum atomic E-state index is -1.12. The molecule has 0 saturated heterocycles. The van der Waals surface area contributed by atoms with E-state index in [-0.39, 0.29) is 25.3 Å². The molecule has 0 spiro atoms. The number of azide groups is 1. The molecule has 0 aromatic heterocycles. The van der Waals surface area contributed by atoms with E-state index in [0.29, 0.717) is 6.42 Å². The van der Waals surface area contributed by atoms with Gasteiger partial charge in [0.25, 0.3) is 0 Å². The van der Waals surface area contributed by atoms with Crippen molar-refractivity contribution in [1.29, 1.82) is 0 Å². The molecule has 0 bridgehead atoms. The van der Waals surface area contributed by atoms with Crippen LogP contribution < -0.4 is 5.32 Å². The van der Waals surface area contributed by atoms with Crippen molar-refractivity contribution in [2.45, 2.75) is 102 Å². The normalized spacial score (nSPS) is 11.4. The van der Waals surface area contributed by atoms with E-state index in [9.17, 15) is 14.4 Å². The van der Waals surface area contributed by atoms with Crippen molar-refractivity contribution in [2.24, 2.45) is 5.11 Å². The second kappa shape index (κ2) is 19.1. The summed E-state index contributed by atoms with van der Waals surface area (Å²) >= 11 is 0. The van der Waals surface area contributed by atoms with E-state index in [1.54, 1.807) is 0 Å². The van der Waals surface area contributed by atoms with E-state index in [4.69, 9.17) is 15.7 Å². The predicted molar refractivity (Wildman–Crippen MR) is 110 cm³/mol. The molecule has 9 nitrogen and oxygen atoms in total. The number of hydrogen-bond donors (Lipinski definition) is 3. The Hall–Kier alpha value is -2.28. The molecule has 0 heterocycles. The topological polar surface area (TPSA) is 152 Å². The number of carboxylic acids is 2. The fraction of sp³-hybridized carbons (Fsp3) is 0.850. The zero-order valence-corrected chi connectivity index (χ0v) is 17.4. The van der Waals surface area contributed by atoms with Gasteiger partial charge in [-0.1, -0.05) is 69.3 Å². The number of carbonyl (C=O) groups excluding carboxylic acids is 1. The highest BCUT2D eigenvalue weighted by molar-refractivity contribution is 5.83. The lowest BCUT2D eigenvalue weighted by Crippen LogP contribution is -2.41. The molecule has 3 N–H and O–H groups in total. The summed E-state index contributed by atoms with van der Waals surface area (Å²) < 4.78 is 0. The van der Waals surface area contributed by atoms with Crippen LogP contribution in [0.2, 0.25) is 0 Å². The standard InChI is InChI=1S/C20H36N4O5/c21-24-22-16-15-17(20(28)29)23-18(25)13-11-9-7-5-3-1-2-4-6-8-10-12-14-19(26)27/h17H,1-16H2,(H,23,25)(H,26,27)(H,28,29). The van der Waals surface area contributed by atoms with Crippen molar-refractivity contribution < 1.29 is 24.6 Å². The summed E-state index contributed by atoms with van der Waals surface area (Å²) in [6.07, 6.45) is 13.5. The van der Waals surface area contributed by atoms with Gasteiger partial charge < -0.3 is 15.5 Å². The summed E-state index contributed by atoms with van der Waals surface area (Å²) in [4.78, 5) is 35.9. The van der Waals surface area contributed by atoms with Gasteiger partial charge >= 0.3 is 11.9 Å². The Morgan fingerprint density at radius 2 is 1.24 bits per heavy atom. The molecule has 0 fully saturated rings. The van der Waals surface area contributed by atoms with E-state index in [1.165, 1.54) is 32.1 Å². The molecule has 1 atom stereocenters. The minimum absolute atomic E-state index is 0.0401. The summed E-state index contributed by atoms with van der Waals surface area (Å²) in [7, 11) is 0. The number of carbonyl (C=O) groups is 3. The molecule has 0 aliphatic rings. The van der Waals surface area contributed by atoms with Gasteiger partial charge in [-0.25, -0.2) is 4.79 Å². The van der Waals surface area contributed by atoms with Crippen LogP contribution in [0.3, 0.4) is 0 Å². The van der Waals surface area contributed by atoms with Crippen molar-refractivity contribution >= 4 is 17.8 Å². The number of unbranched alkanes of at least 4 members (excludes halogenated alkanes) is 11. The fourth-order valence-electron chi connectivity index (χ4n) is 3.08. The fourth-order valence-corrected chi connectivity index (χ4v) is 3.08. The molecular formula is C20H36N4O5. The third-order valence-electron chi connectivity index (χ3n) is 4.76. The Morgan fingerprint density at radius 1 is 0.793 bits per heavy atom. The summed E-state index contributed by atoms with van der Waals surface area (Å²) in [5.41, 5.74) is 8.21. The first-order valence-corrected chi connectivity index (χ1v) is 10.7. The number of nitrogens with one attached hydrogen (secondary N) is 1. The van der Waals surface area contributed by atoms with Gasteiger partial charge in [-0.05, 0) is 24.8 Å². The highest BCUT2D eigenvalue weighted by Crippen LogP contribution is 2.13. The van der Waals surface area contributed by atoms with Crippen molar-refractivity contribution in [3.8, 4) is 0 Å². The average Bonchev–Trinajstić information content (AvgIpc) is 2.67. The monoisotopic (exact) mass is 412 g/mol. The van der Waals surface area contributed by atoms with Crippen LogP contribution in [0.15, 0.2) is 5.11 Å². The van der Waals surface area contributed by atoms with Crippen molar-refractivity contribution in [3.05, 3.63) is 10.4 Å². The molecule has 1 amide bonds. The van der Waals surface area contributed by atoms with Gasteiger partial charge in [0.2, 0.25) is 5.91 Å². The molecule has 0 aromatic rings. The third kappa shape index (κ3) is 18.8. The SMILES string of the molecule is [N-]=[N+]=NCCC(NC(=O)CCCCCCCCCCCCCCC(=O)O)C(=O)O. The van der Waals surface area contributed by atoms with Gasteiger partial charge in [0, 0.05) is 24.3 Å². The Kier molecular flexibility index (Phi) is 17.6. The van der Waals surface area contributed by atoms with Gasteiger partial charge in [0.1, 0.15) is 6.04 Å². The van der Waals surface area contributed by atoms with E-state index in [0.717, 1.165) is 44.9 Å². The molecule has 0 aromatic carbocycles. The number of aliphatic carboxylic acids is 2. The molecule has 0 saturated carbocycles. The summed E-state index contributed by atoms with van der Waals surface area (Å²) in [5, 5.41) is 23.4. The Labute approximate surface area is 172 Å². The predicted octanol–water partition coefficient (Wildman–Crippen LogP) is 4.80. The molecule has 0 rings (SSSR count). The van der Waals surface area contributed by atoms with Gasteiger partial charge in [-0.15, -0.1) is 0 Å².